The second-order valence-corrected chi connectivity index (χ2v) is 12.3. The third-order valence-electron chi connectivity index (χ3n) is 9.62. The van der Waals surface area contributed by atoms with Crippen LogP contribution in [0.15, 0.2) is 152 Å². The van der Waals surface area contributed by atoms with Crippen LogP contribution in [0.5, 0.6) is 0 Å². The number of aromatic nitrogens is 2. The maximum atomic E-state index is 10.1. The molecule has 0 saturated heterocycles. The molecule has 0 saturated carbocycles. The van der Waals surface area contributed by atoms with E-state index in [1.54, 1.807) is 0 Å². The van der Waals surface area contributed by atoms with Gasteiger partial charge in [-0.1, -0.05) is 84.9 Å². The SMILES string of the molecule is N#Cc1ccc(-n2c3ccccc3c3cccc(-c4cccc(-c5cccc6c7cc(C#N)ccc7n(-c7ccccc7C#N)c56)c4)c32)cc1. The van der Waals surface area contributed by atoms with Gasteiger partial charge in [-0.05, 0) is 77.9 Å². The fraction of sp³-hybridized carbons (Fsp3) is 0. The Labute approximate surface area is 287 Å². The van der Waals surface area contributed by atoms with Crippen LogP contribution in [0.2, 0.25) is 0 Å². The van der Waals surface area contributed by atoms with E-state index in [-0.39, 0.29) is 0 Å². The average molecular weight is 636 g/mol. The van der Waals surface area contributed by atoms with Crippen LogP contribution < -0.4 is 0 Å². The molecule has 2 heterocycles. The summed E-state index contributed by atoms with van der Waals surface area (Å²) in [4.78, 5) is 0. The molecule has 5 heteroatoms. The molecule has 9 rings (SSSR count). The molecular weight excluding hydrogens is 611 g/mol. The van der Waals surface area contributed by atoms with Crippen molar-refractivity contribution in [1.82, 2.24) is 9.13 Å². The zero-order valence-corrected chi connectivity index (χ0v) is 26.7. The highest BCUT2D eigenvalue weighted by Gasteiger charge is 2.20. The number of para-hydroxylation sites is 4. The molecule has 5 nitrogen and oxygen atoms in total. The molecule has 0 bridgehead atoms. The number of nitriles is 3. The molecule has 2 aromatic heterocycles. The number of hydrogen-bond donors (Lipinski definition) is 0. The molecule has 0 spiro atoms. The Balaban J connectivity index is 1.32. The fourth-order valence-electron chi connectivity index (χ4n) is 7.44. The lowest BCUT2D eigenvalue weighted by atomic mass is 9.96. The van der Waals surface area contributed by atoms with Gasteiger partial charge < -0.3 is 9.13 Å². The van der Waals surface area contributed by atoms with Crippen LogP contribution in [0.25, 0.3) is 77.2 Å². The van der Waals surface area contributed by atoms with Crippen LogP contribution in [0.4, 0.5) is 0 Å². The molecule has 7 aromatic carbocycles. The highest BCUT2D eigenvalue weighted by Crippen LogP contribution is 2.42. The van der Waals surface area contributed by atoms with Crippen molar-refractivity contribution in [3.8, 4) is 51.8 Å². The van der Waals surface area contributed by atoms with Gasteiger partial charge in [0.25, 0.3) is 0 Å². The van der Waals surface area contributed by atoms with E-state index >= 15 is 0 Å². The normalized spacial score (nSPS) is 11.1. The summed E-state index contributed by atoms with van der Waals surface area (Å²) in [6.45, 7) is 0. The Kier molecular flexibility index (Phi) is 6.56. The van der Waals surface area contributed by atoms with Gasteiger partial charge in [-0.25, -0.2) is 0 Å². The Morgan fingerprint density at radius 2 is 0.980 bits per heavy atom. The van der Waals surface area contributed by atoms with Gasteiger partial charge in [-0.3, -0.25) is 0 Å². The van der Waals surface area contributed by atoms with E-state index in [0.29, 0.717) is 16.7 Å². The van der Waals surface area contributed by atoms with Crippen molar-refractivity contribution in [1.29, 1.82) is 15.8 Å². The van der Waals surface area contributed by atoms with Crippen molar-refractivity contribution in [2.45, 2.75) is 0 Å². The molecule has 0 aliphatic heterocycles. The molecule has 0 unspecified atom stereocenters. The first-order valence-electron chi connectivity index (χ1n) is 16.3. The van der Waals surface area contributed by atoms with Gasteiger partial charge in [-0.15, -0.1) is 0 Å². The Morgan fingerprint density at radius 1 is 0.400 bits per heavy atom. The summed E-state index contributed by atoms with van der Waals surface area (Å²) < 4.78 is 4.45. The molecule has 0 amide bonds. The van der Waals surface area contributed by atoms with Gasteiger partial charge in [0.05, 0.1) is 56.6 Å². The van der Waals surface area contributed by atoms with Crippen LogP contribution in [-0.2, 0) is 0 Å². The molecule has 230 valence electrons. The average Bonchev–Trinajstić information content (AvgIpc) is 3.70. The van der Waals surface area contributed by atoms with Crippen LogP contribution in [-0.4, -0.2) is 9.13 Å². The van der Waals surface area contributed by atoms with Crippen molar-refractivity contribution in [2.75, 3.05) is 0 Å². The molecule has 0 atom stereocenters. The summed E-state index contributed by atoms with van der Waals surface area (Å²) in [5, 5.41) is 33.7. The summed E-state index contributed by atoms with van der Waals surface area (Å²) in [5.41, 5.74) is 11.9. The molecular formula is C45H25N5. The van der Waals surface area contributed by atoms with Crippen LogP contribution >= 0.6 is 0 Å². The Bertz CT molecular complexity index is 2960. The molecule has 0 fully saturated rings. The zero-order valence-electron chi connectivity index (χ0n) is 26.7. The quantitative estimate of drug-likeness (QED) is 0.193. The van der Waals surface area contributed by atoms with Crippen LogP contribution in [0.1, 0.15) is 16.7 Å². The maximum Gasteiger partial charge on any atom is 0.101 e. The number of rotatable bonds is 4. The van der Waals surface area contributed by atoms with Crippen molar-refractivity contribution in [3.63, 3.8) is 0 Å². The number of benzene rings is 7. The molecule has 0 aliphatic rings. The van der Waals surface area contributed by atoms with E-state index in [1.165, 1.54) is 0 Å². The first kappa shape index (κ1) is 28.8. The van der Waals surface area contributed by atoms with E-state index in [9.17, 15) is 15.8 Å². The highest BCUT2D eigenvalue weighted by atomic mass is 15.0. The molecule has 50 heavy (non-hydrogen) atoms. The second kappa shape index (κ2) is 11.4. The van der Waals surface area contributed by atoms with Crippen molar-refractivity contribution in [2.24, 2.45) is 0 Å². The Hall–Kier alpha value is -7.39. The van der Waals surface area contributed by atoms with Crippen molar-refractivity contribution >= 4 is 43.6 Å². The predicted molar refractivity (Wildman–Crippen MR) is 200 cm³/mol. The van der Waals surface area contributed by atoms with E-state index in [4.69, 9.17) is 0 Å². The second-order valence-electron chi connectivity index (χ2n) is 12.3. The lowest BCUT2D eigenvalue weighted by Gasteiger charge is -2.15. The summed E-state index contributed by atoms with van der Waals surface area (Å²) in [7, 11) is 0. The summed E-state index contributed by atoms with van der Waals surface area (Å²) in [6.07, 6.45) is 0. The third-order valence-corrected chi connectivity index (χ3v) is 9.62. The lowest BCUT2D eigenvalue weighted by molar-refractivity contribution is 1.17. The minimum Gasteiger partial charge on any atom is -0.309 e. The molecule has 0 N–H and O–H groups in total. The van der Waals surface area contributed by atoms with Crippen LogP contribution in [0, 0.1) is 34.0 Å². The molecule has 9 aromatic rings. The molecule has 0 radical (unpaired) electrons. The van der Waals surface area contributed by atoms with Gasteiger partial charge in [0.15, 0.2) is 0 Å². The van der Waals surface area contributed by atoms with E-state index in [0.717, 1.165) is 77.2 Å². The van der Waals surface area contributed by atoms with E-state index in [2.05, 4.69) is 112 Å². The first-order chi connectivity index (χ1) is 24.7. The monoisotopic (exact) mass is 635 g/mol. The van der Waals surface area contributed by atoms with Crippen molar-refractivity contribution in [3.05, 3.63) is 168 Å². The minimum atomic E-state index is 0.571. The predicted octanol–water partition coefficient (Wildman–Crippen LogP) is 10.8. The number of nitrogens with zero attached hydrogens (tertiary/aromatic N) is 5. The minimum absolute atomic E-state index is 0.571. The zero-order chi connectivity index (χ0) is 33.8. The van der Waals surface area contributed by atoms with Gasteiger partial charge >= 0.3 is 0 Å². The standard InChI is InChI=1S/C45H25N5/c46-26-29-18-21-34(22-19-29)49-42-17-4-2-11-37(42)38-14-6-12-35(44(38)49)31-9-5-10-32(25-31)36-13-7-15-39-40-24-30(27-47)20-23-43(40)50(45(36)39)41-16-3-1-8-33(41)28-48/h1-25H. The summed E-state index contributed by atoms with van der Waals surface area (Å²) in [5.74, 6) is 0. The highest BCUT2D eigenvalue weighted by molar-refractivity contribution is 6.16. The Morgan fingerprint density at radius 3 is 1.70 bits per heavy atom. The smallest absolute Gasteiger partial charge is 0.101 e. The van der Waals surface area contributed by atoms with Crippen LogP contribution in [0.3, 0.4) is 0 Å². The lowest BCUT2D eigenvalue weighted by Crippen LogP contribution is -1.98. The fourth-order valence-corrected chi connectivity index (χ4v) is 7.44. The topological polar surface area (TPSA) is 81.2 Å². The maximum absolute atomic E-state index is 10.1. The van der Waals surface area contributed by atoms with Crippen molar-refractivity contribution < 1.29 is 0 Å². The number of fused-ring (bicyclic) bond motifs is 6. The summed E-state index contributed by atoms with van der Waals surface area (Å²) in [6, 6.07) is 57.9. The van der Waals surface area contributed by atoms with Gasteiger partial charge in [-0.2, -0.15) is 15.8 Å². The largest absolute Gasteiger partial charge is 0.309 e. The molecule has 0 aliphatic carbocycles. The van der Waals surface area contributed by atoms with E-state index < -0.39 is 0 Å². The van der Waals surface area contributed by atoms with Gasteiger partial charge in [0.1, 0.15) is 6.07 Å². The first-order valence-corrected chi connectivity index (χ1v) is 16.3. The van der Waals surface area contributed by atoms with Gasteiger partial charge in [0, 0.05) is 38.4 Å². The number of hydrogen-bond acceptors (Lipinski definition) is 3. The van der Waals surface area contributed by atoms with E-state index in [1.807, 2.05) is 66.7 Å². The third kappa shape index (κ3) is 4.31. The van der Waals surface area contributed by atoms with Gasteiger partial charge in [0.2, 0.25) is 0 Å². The summed E-state index contributed by atoms with van der Waals surface area (Å²) >= 11 is 0.